The normalized spacial score (nSPS) is 14.1. The first-order valence-corrected chi connectivity index (χ1v) is 7.31. The van der Waals surface area contributed by atoms with Crippen molar-refractivity contribution in [3.8, 4) is 5.75 Å². The van der Waals surface area contributed by atoms with Gasteiger partial charge in [0.25, 0.3) is 0 Å². The molecule has 0 fully saturated rings. The van der Waals surface area contributed by atoms with E-state index in [0.29, 0.717) is 6.42 Å². The van der Waals surface area contributed by atoms with Crippen molar-refractivity contribution in [2.45, 2.75) is 32.4 Å². The second-order valence-corrected chi connectivity index (χ2v) is 5.63. The van der Waals surface area contributed by atoms with Gasteiger partial charge >= 0.3 is 0 Å². The smallest absolute Gasteiger partial charge is 0.148 e. The fourth-order valence-corrected chi connectivity index (χ4v) is 3.00. The lowest BCUT2D eigenvalue weighted by atomic mass is 10.1. The monoisotopic (exact) mass is 297 g/mol. The van der Waals surface area contributed by atoms with Gasteiger partial charge in [-0.3, -0.25) is 0 Å². The highest BCUT2D eigenvalue weighted by Gasteiger charge is 2.24. The molecule has 0 saturated carbocycles. The van der Waals surface area contributed by atoms with Crippen molar-refractivity contribution in [1.82, 2.24) is 0 Å². The van der Waals surface area contributed by atoms with Crippen LogP contribution in [0.2, 0.25) is 0 Å². The molecule has 0 aliphatic carbocycles. The summed E-state index contributed by atoms with van der Waals surface area (Å²) in [5, 5.41) is 1.95. The first-order chi connectivity index (χ1) is 9.51. The van der Waals surface area contributed by atoms with E-state index in [1.54, 1.807) is 0 Å². The Hall–Kier alpha value is -1.46. The van der Waals surface area contributed by atoms with Gasteiger partial charge in [0.15, 0.2) is 0 Å². The zero-order valence-corrected chi connectivity index (χ0v) is 12.2. The average molecular weight is 297 g/mol. The highest BCUT2D eigenvalue weighted by molar-refractivity contribution is 7.10. The summed E-state index contributed by atoms with van der Waals surface area (Å²) in [4.78, 5) is 0.990. The molecule has 2 unspecified atom stereocenters. The van der Waals surface area contributed by atoms with Crippen LogP contribution in [0.1, 0.15) is 29.9 Å². The Kier molecular flexibility index (Phi) is 4.73. The van der Waals surface area contributed by atoms with Crippen molar-refractivity contribution >= 4 is 11.3 Å². The Morgan fingerprint density at radius 1 is 1.25 bits per heavy atom. The van der Waals surface area contributed by atoms with E-state index >= 15 is 0 Å². The number of hydrogen-bond donors (Lipinski definition) is 1. The number of ether oxygens (including phenoxy) is 1. The number of rotatable bonds is 5. The Bertz CT molecular complexity index is 565. The van der Waals surface area contributed by atoms with Crippen LogP contribution >= 0.6 is 11.3 Å². The summed E-state index contributed by atoms with van der Waals surface area (Å²) in [5.74, 6) is -1.16. The summed E-state index contributed by atoms with van der Waals surface area (Å²) in [6, 6.07) is 4.89. The lowest BCUT2D eigenvalue weighted by Crippen LogP contribution is -2.31. The summed E-state index contributed by atoms with van der Waals surface area (Å²) in [5.41, 5.74) is 7.17. The number of hydrogen-bond acceptors (Lipinski definition) is 3. The zero-order valence-electron chi connectivity index (χ0n) is 11.4. The highest BCUT2D eigenvalue weighted by Crippen LogP contribution is 2.32. The van der Waals surface area contributed by atoms with Crippen molar-refractivity contribution in [2.24, 2.45) is 5.73 Å². The Balaban J connectivity index is 2.31. The average Bonchev–Trinajstić information content (AvgIpc) is 2.80. The van der Waals surface area contributed by atoms with Crippen LogP contribution in [0.4, 0.5) is 8.78 Å². The molecule has 1 heterocycles. The van der Waals surface area contributed by atoms with Gasteiger partial charge in [0.2, 0.25) is 0 Å². The van der Waals surface area contributed by atoms with E-state index in [0.717, 1.165) is 16.5 Å². The van der Waals surface area contributed by atoms with Crippen molar-refractivity contribution < 1.29 is 13.5 Å². The second-order valence-electron chi connectivity index (χ2n) is 4.68. The predicted molar refractivity (Wildman–Crippen MR) is 77.0 cm³/mol. The topological polar surface area (TPSA) is 35.2 Å². The van der Waals surface area contributed by atoms with Gasteiger partial charge in [-0.2, -0.15) is 0 Å². The van der Waals surface area contributed by atoms with Gasteiger partial charge in [0.05, 0.1) is 0 Å². The van der Waals surface area contributed by atoms with Crippen LogP contribution in [0.3, 0.4) is 0 Å². The third-order valence-corrected chi connectivity index (χ3v) is 4.20. The predicted octanol–water partition coefficient (Wildman–Crippen LogP) is 4.19. The van der Waals surface area contributed by atoms with Gasteiger partial charge in [0, 0.05) is 29.1 Å². The quantitative estimate of drug-likeness (QED) is 0.898. The number of nitrogens with two attached hydrogens (primary N) is 1. The van der Waals surface area contributed by atoms with E-state index in [-0.39, 0.29) is 11.8 Å². The molecule has 20 heavy (non-hydrogen) atoms. The van der Waals surface area contributed by atoms with Crippen LogP contribution in [0, 0.1) is 18.6 Å². The number of aryl methyl sites for hydroxylation is 1. The van der Waals surface area contributed by atoms with Crippen molar-refractivity contribution in [1.29, 1.82) is 0 Å². The lowest BCUT2D eigenvalue weighted by Gasteiger charge is -2.24. The molecular formula is C15H17F2NOS. The number of benzene rings is 1. The van der Waals surface area contributed by atoms with Gasteiger partial charge in [-0.1, -0.05) is 6.92 Å². The van der Waals surface area contributed by atoms with Crippen LogP contribution in [0.25, 0.3) is 0 Å². The minimum atomic E-state index is -0.660. The van der Waals surface area contributed by atoms with Gasteiger partial charge in [-0.05, 0) is 30.4 Å². The molecule has 2 N–H and O–H groups in total. The number of thiophene rings is 1. The molecule has 108 valence electrons. The van der Waals surface area contributed by atoms with E-state index in [9.17, 15) is 8.78 Å². The standard InChI is InChI=1S/C15H17F2NOS/c1-3-13(18)14(15-9(2)4-5-20-15)19-12-7-10(16)6-11(17)8-12/h4-8,13-14H,3,18H2,1-2H3. The molecule has 0 bridgehead atoms. The summed E-state index contributed by atoms with van der Waals surface area (Å²) < 4.78 is 32.2. The van der Waals surface area contributed by atoms with Crippen molar-refractivity contribution in [3.05, 3.63) is 51.7 Å². The maximum atomic E-state index is 13.2. The van der Waals surface area contributed by atoms with E-state index in [1.165, 1.54) is 23.5 Å². The van der Waals surface area contributed by atoms with Gasteiger partial charge in [0.1, 0.15) is 23.5 Å². The third-order valence-electron chi connectivity index (χ3n) is 3.12. The Morgan fingerprint density at radius 2 is 1.90 bits per heavy atom. The Morgan fingerprint density at radius 3 is 2.40 bits per heavy atom. The zero-order chi connectivity index (χ0) is 14.7. The van der Waals surface area contributed by atoms with Crippen molar-refractivity contribution in [2.75, 3.05) is 0 Å². The molecule has 2 nitrogen and oxygen atoms in total. The van der Waals surface area contributed by atoms with Crippen LogP contribution in [-0.2, 0) is 0 Å². The molecular weight excluding hydrogens is 280 g/mol. The molecule has 1 aromatic carbocycles. The molecule has 2 aromatic rings. The van der Waals surface area contributed by atoms with Crippen LogP contribution < -0.4 is 10.5 Å². The molecule has 0 spiro atoms. The first kappa shape index (κ1) is 14.9. The minimum Gasteiger partial charge on any atom is -0.483 e. The van der Waals surface area contributed by atoms with E-state index in [1.807, 2.05) is 25.3 Å². The molecule has 0 amide bonds. The largest absolute Gasteiger partial charge is 0.483 e. The molecule has 0 aliphatic heterocycles. The highest BCUT2D eigenvalue weighted by atomic mass is 32.1. The fourth-order valence-electron chi connectivity index (χ4n) is 1.97. The summed E-state index contributed by atoms with van der Waals surface area (Å²) >= 11 is 1.54. The van der Waals surface area contributed by atoms with Crippen molar-refractivity contribution in [3.63, 3.8) is 0 Å². The van der Waals surface area contributed by atoms with Gasteiger partial charge in [-0.15, -0.1) is 11.3 Å². The SMILES string of the molecule is CCC(N)C(Oc1cc(F)cc(F)c1)c1sccc1C. The molecule has 2 rings (SSSR count). The van der Waals surface area contributed by atoms with E-state index in [2.05, 4.69) is 0 Å². The van der Waals surface area contributed by atoms with Crippen LogP contribution in [-0.4, -0.2) is 6.04 Å². The maximum absolute atomic E-state index is 13.2. The van der Waals surface area contributed by atoms with Gasteiger partial charge < -0.3 is 10.5 Å². The molecule has 0 saturated heterocycles. The second kappa shape index (κ2) is 6.33. The van der Waals surface area contributed by atoms with Crippen LogP contribution in [0.15, 0.2) is 29.6 Å². The minimum absolute atomic E-state index is 0.157. The number of halogens is 2. The summed E-state index contributed by atoms with van der Waals surface area (Å²) in [6.45, 7) is 3.92. The lowest BCUT2D eigenvalue weighted by molar-refractivity contribution is 0.172. The maximum Gasteiger partial charge on any atom is 0.148 e. The summed E-state index contributed by atoms with van der Waals surface area (Å²) in [6.07, 6.45) is 0.306. The molecule has 5 heteroatoms. The van der Waals surface area contributed by atoms with E-state index in [4.69, 9.17) is 10.5 Å². The molecule has 1 aromatic heterocycles. The Labute approximate surface area is 121 Å². The third kappa shape index (κ3) is 3.35. The molecule has 0 radical (unpaired) electrons. The van der Waals surface area contributed by atoms with E-state index < -0.39 is 17.7 Å². The first-order valence-electron chi connectivity index (χ1n) is 6.43. The van der Waals surface area contributed by atoms with Crippen LogP contribution in [0.5, 0.6) is 5.75 Å². The molecule has 2 atom stereocenters. The fraction of sp³-hybridized carbons (Fsp3) is 0.333. The molecule has 0 aliphatic rings. The summed E-state index contributed by atoms with van der Waals surface area (Å²) in [7, 11) is 0. The van der Waals surface area contributed by atoms with Gasteiger partial charge in [-0.25, -0.2) is 8.78 Å².